The van der Waals surface area contributed by atoms with Crippen LogP contribution in [-0.4, -0.2) is 30.0 Å². The number of aromatic nitrogens is 1. The standard InChI is InChI=1S/C23H23ClN2O4S/c1-3-18(23(27)28)21-13-16-12-17(24)6-8-20(16)26(21)31(29,30)22(4-2)15-5-7-19-14(11-15)9-10-25-19/h4-8,11-13,18,22,25H,2-3,9-10H2,1H3,(H,27,28). The van der Waals surface area contributed by atoms with Gasteiger partial charge in [0.2, 0.25) is 10.0 Å². The summed E-state index contributed by atoms with van der Waals surface area (Å²) in [4.78, 5) is 11.9. The molecule has 0 fully saturated rings. The molecule has 0 saturated heterocycles. The Bertz CT molecular complexity index is 1300. The van der Waals surface area contributed by atoms with E-state index in [1.165, 1.54) is 10.0 Å². The van der Waals surface area contributed by atoms with Crippen molar-refractivity contribution in [2.24, 2.45) is 0 Å². The Morgan fingerprint density at radius 2 is 2.06 bits per heavy atom. The normalized spacial score (nSPS) is 15.3. The highest BCUT2D eigenvalue weighted by Crippen LogP contribution is 2.37. The van der Waals surface area contributed by atoms with Gasteiger partial charge in [-0.15, -0.1) is 6.58 Å². The first-order valence-electron chi connectivity index (χ1n) is 10.0. The number of carbonyl (C=O) groups is 1. The molecule has 31 heavy (non-hydrogen) atoms. The smallest absolute Gasteiger partial charge is 0.312 e. The van der Waals surface area contributed by atoms with Gasteiger partial charge >= 0.3 is 5.97 Å². The van der Waals surface area contributed by atoms with Gasteiger partial charge in [-0.3, -0.25) is 4.79 Å². The molecular weight excluding hydrogens is 436 g/mol. The third-order valence-electron chi connectivity index (χ3n) is 5.77. The monoisotopic (exact) mass is 458 g/mol. The third-order valence-corrected chi connectivity index (χ3v) is 8.02. The van der Waals surface area contributed by atoms with Crippen LogP contribution < -0.4 is 5.32 Å². The summed E-state index contributed by atoms with van der Waals surface area (Å²) in [5.41, 5.74) is 3.27. The summed E-state index contributed by atoms with van der Waals surface area (Å²) in [5.74, 6) is -2.05. The molecular formula is C23H23ClN2O4S. The molecule has 3 aromatic rings. The molecule has 6 nitrogen and oxygen atoms in total. The van der Waals surface area contributed by atoms with Crippen LogP contribution >= 0.6 is 11.6 Å². The molecule has 2 unspecified atom stereocenters. The molecule has 1 aliphatic heterocycles. The number of aliphatic carboxylic acids is 1. The van der Waals surface area contributed by atoms with E-state index in [4.69, 9.17) is 11.6 Å². The number of rotatable bonds is 7. The number of halogens is 1. The Labute approximate surface area is 186 Å². The van der Waals surface area contributed by atoms with Crippen LogP contribution in [0.5, 0.6) is 0 Å². The van der Waals surface area contributed by atoms with Crippen molar-refractivity contribution in [3.8, 4) is 0 Å². The van der Waals surface area contributed by atoms with Gasteiger partial charge in [-0.1, -0.05) is 36.7 Å². The highest BCUT2D eigenvalue weighted by atomic mass is 35.5. The lowest BCUT2D eigenvalue weighted by atomic mass is 10.0. The second-order valence-corrected chi connectivity index (χ2v) is 9.97. The number of carboxylic acids is 1. The number of fused-ring (bicyclic) bond motifs is 2. The first-order chi connectivity index (χ1) is 14.8. The van der Waals surface area contributed by atoms with E-state index in [1.54, 1.807) is 37.3 Å². The fraction of sp³-hybridized carbons (Fsp3) is 0.261. The molecule has 0 spiro atoms. The number of hydrogen-bond acceptors (Lipinski definition) is 4. The summed E-state index contributed by atoms with van der Waals surface area (Å²) in [5, 5.41) is 13.0. The molecule has 2 N–H and O–H groups in total. The summed E-state index contributed by atoms with van der Waals surface area (Å²) >= 11 is 6.11. The lowest BCUT2D eigenvalue weighted by Crippen LogP contribution is -2.25. The van der Waals surface area contributed by atoms with Crippen LogP contribution in [0, 0.1) is 0 Å². The van der Waals surface area contributed by atoms with E-state index in [0.29, 0.717) is 21.5 Å². The summed E-state index contributed by atoms with van der Waals surface area (Å²) in [6.45, 7) is 6.32. The first-order valence-corrected chi connectivity index (χ1v) is 11.9. The van der Waals surface area contributed by atoms with Gasteiger partial charge in [-0.05, 0) is 54.3 Å². The first kappa shape index (κ1) is 21.5. The molecule has 4 rings (SSSR count). The Morgan fingerprint density at radius 1 is 1.29 bits per heavy atom. The molecule has 0 aliphatic carbocycles. The third kappa shape index (κ3) is 3.62. The number of anilines is 1. The molecule has 1 aliphatic rings. The SMILES string of the molecule is C=CC(c1ccc2c(c1)CCN2)S(=O)(=O)n1c(C(CC)C(=O)O)cc2cc(Cl)ccc21. The molecule has 2 aromatic carbocycles. The van der Waals surface area contributed by atoms with Crippen molar-refractivity contribution in [1.82, 2.24) is 3.97 Å². The van der Waals surface area contributed by atoms with E-state index in [9.17, 15) is 18.3 Å². The zero-order valence-corrected chi connectivity index (χ0v) is 18.6. The van der Waals surface area contributed by atoms with Crippen molar-refractivity contribution < 1.29 is 18.3 Å². The van der Waals surface area contributed by atoms with E-state index in [1.807, 2.05) is 12.1 Å². The van der Waals surface area contributed by atoms with E-state index in [0.717, 1.165) is 24.2 Å². The molecule has 162 valence electrons. The Balaban J connectivity index is 1.95. The number of benzene rings is 2. The van der Waals surface area contributed by atoms with Crippen molar-refractivity contribution in [3.05, 3.63) is 77.0 Å². The van der Waals surface area contributed by atoms with Crippen molar-refractivity contribution in [2.45, 2.75) is 30.9 Å². The lowest BCUT2D eigenvalue weighted by molar-refractivity contribution is -0.138. The largest absolute Gasteiger partial charge is 0.481 e. The zero-order chi connectivity index (χ0) is 22.3. The fourth-order valence-electron chi connectivity index (χ4n) is 4.26. The van der Waals surface area contributed by atoms with Gasteiger partial charge in [0, 0.05) is 28.3 Å². The van der Waals surface area contributed by atoms with Gasteiger partial charge in [0.25, 0.3) is 0 Å². The Hall–Kier alpha value is -2.77. The maximum atomic E-state index is 13.9. The van der Waals surface area contributed by atoms with Crippen LogP contribution in [0.3, 0.4) is 0 Å². The summed E-state index contributed by atoms with van der Waals surface area (Å²) < 4.78 is 29.0. The fourth-order valence-corrected chi connectivity index (χ4v) is 6.32. The van der Waals surface area contributed by atoms with Crippen LogP contribution in [-0.2, 0) is 21.2 Å². The molecule has 1 aromatic heterocycles. The van der Waals surface area contributed by atoms with Gasteiger partial charge in [0.15, 0.2) is 0 Å². The van der Waals surface area contributed by atoms with Crippen LogP contribution in [0.1, 0.15) is 41.3 Å². The van der Waals surface area contributed by atoms with Gasteiger partial charge in [0.05, 0.1) is 11.4 Å². The topological polar surface area (TPSA) is 88.4 Å². The summed E-state index contributed by atoms with van der Waals surface area (Å²) in [6.07, 6.45) is 2.46. The highest BCUT2D eigenvalue weighted by molar-refractivity contribution is 7.90. The van der Waals surface area contributed by atoms with Crippen LogP contribution in [0.15, 0.2) is 55.1 Å². The van der Waals surface area contributed by atoms with E-state index in [-0.39, 0.29) is 12.1 Å². The van der Waals surface area contributed by atoms with E-state index < -0.39 is 27.2 Å². The van der Waals surface area contributed by atoms with Crippen molar-refractivity contribution in [2.75, 3.05) is 11.9 Å². The van der Waals surface area contributed by atoms with Gasteiger partial charge in [0.1, 0.15) is 5.25 Å². The lowest BCUT2D eigenvalue weighted by Gasteiger charge is -2.21. The second kappa shape index (κ2) is 8.05. The molecule has 0 bridgehead atoms. The Morgan fingerprint density at radius 3 is 2.74 bits per heavy atom. The number of carboxylic acid groups (broad SMARTS) is 1. The molecule has 8 heteroatoms. The number of hydrogen-bond donors (Lipinski definition) is 2. The van der Waals surface area contributed by atoms with Crippen molar-refractivity contribution in [3.63, 3.8) is 0 Å². The average molecular weight is 459 g/mol. The van der Waals surface area contributed by atoms with Crippen molar-refractivity contribution in [1.29, 1.82) is 0 Å². The minimum Gasteiger partial charge on any atom is -0.481 e. The predicted octanol–water partition coefficient (Wildman–Crippen LogP) is 4.95. The average Bonchev–Trinajstić information content (AvgIpc) is 3.32. The molecule has 0 radical (unpaired) electrons. The van der Waals surface area contributed by atoms with Gasteiger partial charge < -0.3 is 10.4 Å². The summed E-state index contributed by atoms with van der Waals surface area (Å²) in [6, 6.07) is 12.0. The van der Waals surface area contributed by atoms with Crippen molar-refractivity contribution >= 4 is 44.2 Å². The Kier molecular flexibility index (Phi) is 5.58. The van der Waals surface area contributed by atoms with E-state index >= 15 is 0 Å². The minimum atomic E-state index is -4.07. The predicted molar refractivity (Wildman–Crippen MR) is 124 cm³/mol. The molecule has 2 atom stereocenters. The number of nitrogens with zero attached hydrogens (tertiary/aromatic N) is 1. The number of nitrogens with one attached hydrogen (secondary N) is 1. The van der Waals surface area contributed by atoms with Crippen LogP contribution in [0.25, 0.3) is 10.9 Å². The van der Waals surface area contributed by atoms with E-state index in [2.05, 4.69) is 11.9 Å². The van der Waals surface area contributed by atoms with Crippen LogP contribution in [0.4, 0.5) is 5.69 Å². The summed E-state index contributed by atoms with van der Waals surface area (Å²) in [7, 11) is -4.07. The van der Waals surface area contributed by atoms with Crippen LogP contribution in [0.2, 0.25) is 5.02 Å². The molecule has 0 amide bonds. The maximum absolute atomic E-state index is 13.9. The minimum absolute atomic E-state index is 0.210. The van der Waals surface area contributed by atoms with Gasteiger partial charge in [-0.25, -0.2) is 12.4 Å². The second-order valence-electron chi connectivity index (χ2n) is 7.63. The van der Waals surface area contributed by atoms with Gasteiger partial charge in [-0.2, -0.15) is 0 Å². The zero-order valence-electron chi connectivity index (χ0n) is 17.0. The highest BCUT2D eigenvalue weighted by Gasteiger charge is 2.34. The molecule has 0 saturated carbocycles. The molecule has 2 heterocycles. The quantitative estimate of drug-likeness (QED) is 0.489. The maximum Gasteiger partial charge on any atom is 0.312 e.